The number of hydrazone groups is 1. The molecule has 1 aliphatic rings. The van der Waals surface area contributed by atoms with Gasteiger partial charge in [0.2, 0.25) is 11.8 Å². The minimum atomic E-state index is -4.62. The molecule has 2 aromatic rings. The van der Waals surface area contributed by atoms with E-state index in [0.29, 0.717) is 29.9 Å². The van der Waals surface area contributed by atoms with Gasteiger partial charge in [-0.3, -0.25) is 14.8 Å². The molecule has 34 heavy (non-hydrogen) atoms. The lowest BCUT2D eigenvalue weighted by Crippen LogP contribution is -2.45. The number of carbonyl (C=O) groups excluding carboxylic acids is 2. The van der Waals surface area contributed by atoms with Gasteiger partial charge in [0.25, 0.3) is 0 Å². The smallest absolute Gasteiger partial charge is 0.373 e. The minimum absolute atomic E-state index is 0.0216. The lowest BCUT2D eigenvalue weighted by atomic mass is 9.99. The molecule has 0 radical (unpaired) electrons. The molecule has 0 saturated carbocycles. The highest BCUT2D eigenvalue weighted by Gasteiger charge is 2.44. The largest absolute Gasteiger partial charge is 0.394 e. The van der Waals surface area contributed by atoms with Gasteiger partial charge >= 0.3 is 6.18 Å². The number of piperidine rings is 1. The number of anilines is 3. The normalized spacial score (nSPS) is 16.3. The predicted molar refractivity (Wildman–Crippen MR) is 123 cm³/mol. The molecule has 182 valence electrons. The van der Waals surface area contributed by atoms with E-state index in [4.69, 9.17) is 5.21 Å². The fraction of sp³-hybridized carbons (Fsp3) is 0.348. The summed E-state index contributed by atoms with van der Waals surface area (Å²) in [6.45, 7) is 1.54. The molecular weight excluding hydrogens is 451 g/mol. The number of nitrogens with zero attached hydrogens (tertiary/aromatic N) is 2. The van der Waals surface area contributed by atoms with Crippen molar-refractivity contribution in [2.24, 2.45) is 11.0 Å². The molecule has 0 bridgehead atoms. The number of hydrogen-bond donors (Lipinski definition) is 4. The summed E-state index contributed by atoms with van der Waals surface area (Å²) in [5.74, 6) is -2.83. The van der Waals surface area contributed by atoms with E-state index in [1.165, 1.54) is 18.3 Å². The van der Waals surface area contributed by atoms with Crippen molar-refractivity contribution in [2.75, 3.05) is 22.1 Å². The van der Waals surface area contributed by atoms with Gasteiger partial charge in [-0.1, -0.05) is 19.1 Å². The van der Waals surface area contributed by atoms with Crippen LogP contribution in [0, 0.1) is 5.92 Å². The molecule has 3 rings (SSSR count). The molecule has 2 aromatic carbocycles. The van der Waals surface area contributed by atoms with Crippen molar-refractivity contribution in [1.82, 2.24) is 5.59 Å². The summed E-state index contributed by atoms with van der Waals surface area (Å²) >= 11 is 0. The van der Waals surface area contributed by atoms with Crippen molar-refractivity contribution < 1.29 is 28.0 Å². The van der Waals surface area contributed by atoms with Gasteiger partial charge in [0, 0.05) is 30.0 Å². The van der Waals surface area contributed by atoms with Crippen molar-refractivity contribution in [3.63, 3.8) is 0 Å². The van der Waals surface area contributed by atoms with Crippen LogP contribution < -0.4 is 21.1 Å². The van der Waals surface area contributed by atoms with E-state index in [9.17, 15) is 22.8 Å². The molecule has 1 heterocycles. The average Bonchev–Trinajstić information content (AvgIpc) is 2.81. The average molecular weight is 477 g/mol. The second-order valence-electron chi connectivity index (χ2n) is 7.97. The van der Waals surface area contributed by atoms with E-state index in [-0.39, 0.29) is 11.6 Å². The van der Waals surface area contributed by atoms with Crippen LogP contribution in [-0.4, -0.2) is 42.0 Å². The van der Waals surface area contributed by atoms with E-state index in [0.717, 1.165) is 19.8 Å². The second-order valence-corrected chi connectivity index (χ2v) is 7.97. The zero-order valence-corrected chi connectivity index (χ0v) is 18.5. The molecule has 0 aliphatic carbocycles. The van der Waals surface area contributed by atoms with Crippen LogP contribution in [0.5, 0.6) is 0 Å². The monoisotopic (exact) mass is 477 g/mol. The Morgan fingerprint density at radius 1 is 1.15 bits per heavy atom. The molecule has 1 fully saturated rings. The topological polar surface area (TPSA) is 106 Å². The molecule has 0 aromatic heterocycles. The Morgan fingerprint density at radius 2 is 1.88 bits per heavy atom. The van der Waals surface area contributed by atoms with Crippen LogP contribution in [-0.2, 0) is 9.59 Å². The van der Waals surface area contributed by atoms with Crippen LogP contribution in [0.3, 0.4) is 0 Å². The highest BCUT2D eigenvalue weighted by atomic mass is 19.4. The number of rotatable bonds is 8. The van der Waals surface area contributed by atoms with E-state index >= 15 is 0 Å². The first-order valence-corrected chi connectivity index (χ1v) is 10.8. The van der Waals surface area contributed by atoms with Crippen molar-refractivity contribution >= 4 is 35.1 Å². The maximum absolute atomic E-state index is 13.5. The van der Waals surface area contributed by atoms with Gasteiger partial charge in [-0.2, -0.15) is 23.9 Å². The van der Waals surface area contributed by atoms with Gasteiger partial charge < -0.3 is 15.5 Å². The third-order valence-corrected chi connectivity index (χ3v) is 5.55. The number of nitrogens with one attached hydrogen (secondary N) is 3. The number of carbonyl (C=O) groups is 2. The number of halogens is 3. The molecule has 1 saturated heterocycles. The Morgan fingerprint density at radius 3 is 2.53 bits per heavy atom. The summed E-state index contributed by atoms with van der Waals surface area (Å²) in [4.78, 5) is 26.6. The highest BCUT2D eigenvalue weighted by Crippen LogP contribution is 2.31. The summed E-state index contributed by atoms with van der Waals surface area (Å²) in [5, 5.41) is 17.2. The lowest BCUT2D eigenvalue weighted by molar-refractivity contribution is -0.175. The maximum Gasteiger partial charge on any atom is 0.394 e. The Kier molecular flexibility index (Phi) is 8.11. The minimum Gasteiger partial charge on any atom is -0.373 e. The van der Waals surface area contributed by atoms with Gasteiger partial charge in [-0.05, 0) is 54.8 Å². The van der Waals surface area contributed by atoms with Gasteiger partial charge in [-0.25, -0.2) is 0 Å². The van der Waals surface area contributed by atoms with Crippen LogP contribution in [0.25, 0.3) is 0 Å². The lowest BCUT2D eigenvalue weighted by Gasteiger charge is -2.28. The molecule has 2 amide bonds. The molecule has 0 spiro atoms. The van der Waals surface area contributed by atoms with E-state index in [1.807, 2.05) is 0 Å². The standard InChI is InChI=1S/C23H26F3N5O3/c1-15(23(24,25)26)21(28-18-6-4-5-16(13-18)14-27-30-34)22(33)29-17-8-10-19(11-9-17)31-12-3-2-7-20(31)32/h4-6,8-11,13-15,21,28,30,34H,2-3,7,12H2,1H3,(H,29,33)/b27-14-/t15-,21-/m1/s1. The van der Waals surface area contributed by atoms with Crippen molar-refractivity contribution in [2.45, 2.75) is 38.4 Å². The second kappa shape index (κ2) is 11.0. The first-order valence-electron chi connectivity index (χ1n) is 10.8. The molecule has 2 atom stereocenters. The van der Waals surface area contributed by atoms with Gasteiger partial charge in [0.15, 0.2) is 0 Å². The van der Waals surface area contributed by atoms with Crippen molar-refractivity contribution in [1.29, 1.82) is 0 Å². The Hall–Kier alpha value is -3.60. The number of hydrogen-bond acceptors (Lipinski definition) is 6. The van der Waals surface area contributed by atoms with Crippen LogP contribution in [0.1, 0.15) is 31.7 Å². The SMILES string of the molecule is C[C@H]([C@@H](Nc1cccc(/C=N\NO)c1)C(=O)Nc1ccc(N2CCCCC2=O)cc1)C(F)(F)F. The first kappa shape index (κ1) is 25.0. The zero-order chi connectivity index (χ0) is 24.7. The quantitative estimate of drug-likeness (QED) is 0.338. The zero-order valence-electron chi connectivity index (χ0n) is 18.5. The predicted octanol–water partition coefficient (Wildman–Crippen LogP) is 4.13. The Labute approximate surface area is 194 Å². The van der Waals surface area contributed by atoms with E-state index in [1.54, 1.807) is 46.9 Å². The van der Waals surface area contributed by atoms with Crippen LogP contribution in [0.15, 0.2) is 53.6 Å². The first-order chi connectivity index (χ1) is 16.2. The molecule has 1 aliphatic heterocycles. The summed E-state index contributed by atoms with van der Waals surface area (Å²) in [5.41, 5.74) is 3.36. The number of benzene rings is 2. The molecule has 11 heteroatoms. The van der Waals surface area contributed by atoms with Crippen molar-refractivity contribution in [3.05, 3.63) is 54.1 Å². The van der Waals surface area contributed by atoms with Gasteiger partial charge in [-0.15, -0.1) is 0 Å². The Balaban J connectivity index is 1.76. The summed E-state index contributed by atoms with van der Waals surface area (Å²) in [6, 6.07) is 11.0. The van der Waals surface area contributed by atoms with E-state index < -0.39 is 24.0 Å². The molecular formula is C23H26F3N5O3. The summed E-state index contributed by atoms with van der Waals surface area (Å²) in [6.07, 6.45) is -1.13. The third-order valence-electron chi connectivity index (χ3n) is 5.55. The molecule has 8 nitrogen and oxygen atoms in total. The van der Waals surface area contributed by atoms with E-state index in [2.05, 4.69) is 15.7 Å². The van der Waals surface area contributed by atoms with Crippen LogP contribution >= 0.6 is 0 Å². The maximum atomic E-state index is 13.5. The summed E-state index contributed by atoms with van der Waals surface area (Å²) in [7, 11) is 0. The third kappa shape index (κ3) is 6.47. The Bertz CT molecular complexity index is 1030. The van der Waals surface area contributed by atoms with Crippen molar-refractivity contribution in [3.8, 4) is 0 Å². The summed E-state index contributed by atoms with van der Waals surface area (Å²) < 4.78 is 40.6. The van der Waals surface area contributed by atoms with Crippen LogP contribution in [0.2, 0.25) is 0 Å². The molecule has 0 unspecified atom stereocenters. The number of alkyl halides is 3. The van der Waals surface area contributed by atoms with Crippen LogP contribution in [0.4, 0.5) is 30.2 Å². The fourth-order valence-electron chi connectivity index (χ4n) is 3.62. The fourth-order valence-corrected chi connectivity index (χ4v) is 3.62. The highest BCUT2D eigenvalue weighted by molar-refractivity contribution is 5.98. The number of amides is 2. The van der Waals surface area contributed by atoms with Gasteiger partial charge in [0.1, 0.15) is 6.04 Å². The van der Waals surface area contributed by atoms with Gasteiger partial charge in [0.05, 0.1) is 12.1 Å². The molecule has 4 N–H and O–H groups in total.